The van der Waals surface area contributed by atoms with E-state index in [2.05, 4.69) is 5.32 Å². The Morgan fingerprint density at radius 1 is 1.03 bits per heavy atom. The maximum atomic E-state index is 13.7. The Balaban J connectivity index is 2.55. The summed E-state index contributed by atoms with van der Waals surface area (Å²) in [5, 5.41) is 3.27. The van der Waals surface area contributed by atoms with Crippen LogP contribution in [0.1, 0.15) is 44.7 Å². The molecule has 2 rings (SSSR count). The van der Waals surface area contributed by atoms with Crippen LogP contribution in [0.25, 0.3) is 0 Å². The van der Waals surface area contributed by atoms with E-state index in [1.807, 2.05) is 6.92 Å². The number of carbonyl (C=O) groups excluding carboxylic acids is 2. The van der Waals surface area contributed by atoms with Crippen molar-refractivity contribution >= 4 is 50.7 Å². The molecule has 1 N–H and O–H groups in total. The fraction of sp³-hybridized carbons (Fsp3) is 0.440. The van der Waals surface area contributed by atoms with E-state index < -0.39 is 46.2 Å². The second-order valence-corrected chi connectivity index (χ2v) is 11.5. The van der Waals surface area contributed by atoms with Gasteiger partial charge in [-0.2, -0.15) is 13.2 Å². The first-order chi connectivity index (χ1) is 17.6. The first kappa shape index (κ1) is 31.7. The maximum Gasteiger partial charge on any atom is 0.416 e. The van der Waals surface area contributed by atoms with Crippen LogP contribution in [0.2, 0.25) is 10.0 Å². The van der Waals surface area contributed by atoms with Crippen LogP contribution in [0, 0.1) is 0 Å². The molecule has 0 bridgehead atoms. The van der Waals surface area contributed by atoms with Gasteiger partial charge in [-0.1, -0.05) is 49.2 Å². The molecule has 0 radical (unpaired) electrons. The van der Waals surface area contributed by atoms with E-state index >= 15 is 0 Å². The predicted molar refractivity (Wildman–Crippen MR) is 143 cm³/mol. The van der Waals surface area contributed by atoms with Crippen LogP contribution in [-0.4, -0.2) is 50.0 Å². The fourth-order valence-electron chi connectivity index (χ4n) is 3.67. The van der Waals surface area contributed by atoms with Gasteiger partial charge in [-0.15, -0.1) is 0 Å². The van der Waals surface area contributed by atoms with E-state index in [-0.39, 0.29) is 34.7 Å². The Hall–Kier alpha value is -2.50. The second-order valence-electron chi connectivity index (χ2n) is 8.78. The average Bonchev–Trinajstić information content (AvgIpc) is 2.82. The molecule has 210 valence electrons. The minimum absolute atomic E-state index is 0.165. The van der Waals surface area contributed by atoms with Crippen molar-refractivity contribution in [1.29, 1.82) is 0 Å². The Labute approximate surface area is 230 Å². The van der Waals surface area contributed by atoms with Crippen LogP contribution in [0.3, 0.4) is 0 Å². The molecule has 2 aromatic rings. The molecule has 0 saturated carbocycles. The van der Waals surface area contributed by atoms with E-state index in [0.717, 1.165) is 29.4 Å². The topological polar surface area (TPSA) is 86.8 Å². The van der Waals surface area contributed by atoms with E-state index in [1.165, 1.54) is 0 Å². The van der Waals surface area contributed by atoms with Crippen molar-refractivity contribution in [3.8, 4) is 0 Å². The summed E-state index contributed by atoms with van der Waals surface area (Å²) in [7, 11) is -4.21. The number of amides is 2. The number of anilines is 1. The van der Waals surface area contributed by atoms with E-state index in [9.17, 15) is 31.2 Å². The maximum absolute atomic E-state index is 13.7. The Morgan fingerprint density at radius 2 is 1.61 bits per heavy atom. The molecule has 7 nitrogen and oxygen atoms in total. The Kier molecular flexibility index (Phi) is 10.9. The third-order valence-corrected chi connectivity index (χ3v) is 7.77. The highest BCUT2D eigenvalue weighted by molar-refractivity contribution is 7.92. The molecule has 0 fully saturated rings. The highest BCUT2D eigenvalue weighted by atomic mass is 35.5. The van der Waals surface area contributed by atoms with Gasteiger partial charge in [0.2, 0.25) is 21.8 Å². The second kappa shape index (κ2) is 13.0. The minimum Gasteiger partial charge on any atom is -0.352 e. The summed E-state index contributed by atoms with van der Waals surface area (Å²) in [4.78, 5) is 28.0. The molecule has 0 saturated heterocycles. The standard InChI is InChI=1S/C25H30Cl2F3N3O4S/c1-5-16(3)31-24(35)22(6-2)32(14-19-20(26)11-8-12-21(19)27)23(34)15-33(38(4,36)37)18-10-7-9-17(13-18)25(28,29)30/h7-13,16,22H,5-6,14-15H2,1-4H3,(H,31,35)/t16-,22-/m0/s1. The van der Waals surface area contributed by atoms with Crippen molar-refractivity contribution in [2.24, 2.45) is 0 Å². The van der Waals surface area contributed by atoms with Crippen molar-refractivity contribution in [3.05, 3.63) is 63.6 Å². The summed E-state index contributed by atoms with van der Waals surface area (Å²) in [5.41, 5.74) is -1.08. The number of hydrogen-bond donors (Lipinski definition) is 1. The molecule has 0 heterocycles. The molecule has 13 heteroatoms. The smallest absolute Gasteiger partial charge is 0.352 e. The molecule has 0 aliphatic rings. The lowest BCUT2D eigenvalue weighted by Crippen LogP contribution is -2.53. The van der Waals surface area contributed by atoms with Crippen LogP contribution in [0.15, 0.2) is 42.5 Å². The van der Waals surface area contributed by atoms with Crippen LogP contribution < -0.4 is 9.62 Å². The van der Waals surface area contributed by atoms with E-state index in [1.54, 1.807) is 32.0 Å². The first-order valence-corrected chi connectivity index (χ1v) is 14.4. The van der Waals surface area contributed by atoms with Crippen LogP contribution in [0.4, 0.5) is 18.9 Å². The van der Waals surface area contributed by atoms with Gasteiger partial charge in [-0.25, -0.2) is 8.42 Å². The van der Waals surface area contributed by atoms with Gasteiger partial charge in [0.25, 0.3) is 0 Å². The molecule has 2 aromatic carbocycles. The van der Waals surface area contributed by atoms with Gasteiger partial charge in [0.1, 0.15) is 12.6 Å². The molecule has 0 aromatic heterocycles. The highest BCUT2D eigenvalue weighted by Gasteiger charge is 2.35. The minimum atomic E-state index is -4.72. The highest BCUT2D eigenvalue weighted by Crippen LogP contribution is 2.32. The summed E-state index contributed by atoms with van der Waals surface area (Å²) in [6.07, 6.45) is -3.15. The van der Waals surface area contributed by atoms with Crippen molar-refractivity contribution < 1.29 is 31.2 Å². The molecule has 2 amide bonds. The van der Waals surface area contributed by atoms with Crippen molar-refractivity contribution in [2.45, 2.75) is 58.4 Å². The Bertz CT molecular complexity index is 1240. The fourth-order valence-corrected chi connectivity index (χ4v) is 5.02. The molecule has 0 spiro atoms. The Morgan fingerprint density at radius 3 is 2.11 bits per heavy atom. The molecule has 38 heavy (non-hydrogen) atoms. The van der Waals surface area contributed by atoms with E-state index in [0.29, 0.717) is 22.4 Å². The summed E-state index contributed by atoms with van der Waals surface area (Å²) in [6.45, 7) is 4.26. The number of carbonyl (C=O) groups is 2. The molecule has 2 atom stereocenters. The van der Waals surface area contributed by atoms with E-state index in [4.69, 9.17) is 23.2 Å². The molecular formula is C25H30Cl2F3N3O4S. The molecule has 0 aliphatic carbocycles. The zero-order chi connectivity index (χ0) is 28.8. The van der Waals surface area contributed by atoms with Gasteiger partial charge in [0, 0.05) is 28.2 Å². The van der Waals surface area contributed by atoms with Crippen LogP contribution >= 0.6 is 23.2 Å². The lowest BCUT2D eigenvalue weighted by atomic mass is 10.1. The normalized spacial score (nSPS) is 13.5. The van der Waals surface area contributed by atoms with Gasteiger partial charge in [0.05, 0.1) is 17.5 Å². The predicted octanol–water partition coefficient (Wildman–Crippen LogP) is 5.50. The van der Waals surface area contributed by atoms with Gasteiger partial charge < -0.3 is 10.2 Å². The van der Waals surface area contributed by atoms with Gasteiger partial charge in [-0.05, 0) is 50.1 Å². The molecular weight excluding hydrogens is 566 g/mol. The third kappa shape index (κ3) is 8.25. The third-order valence-electron chi connectivity index (χ3n) is 5.92. The number of alkyl halides is 3. The summed E-state index contributed by atoms with van der Waals surface area (Å²) < 4.78 is 65.7. The number of nitrogens with one attached hydrogen (secondary N) is 1. The summed E-state index contributed by atoms with van der Waals surface area (Å²) in [5.74, 6) is -1.29. The number of hydrogen-bond acceptors (Lipinski definition) is 4. The lowest BCUT2D eigenvalue weighted by Gasteiger charge is -2.33. The van der Waals surface area contributed by atoms with Crippen LogP contribution in [0.5, 0.6) is 0 Å². The zero-order valence-corrected chi connectivity index (χ0v) is 23.7. The number of sulfonamides is 1. The summed E-state index contributed by atoms with van der Waals surface area (Å²) >= 11 is 12.6. The monoisotopic (exact) mass is 595 g/mol. The number of nitrogens with zero attached hydrogens (tertiary/aromatic N) is 2. The first-order valence-electron chi connectivity index (χ1n) is 11.8. The zero-order valence-electron chi connectivity index (χ0n) is 21.4. The lowest BCUT2D eigenvalue weighted by molar-refractivity contribution is -0.140. The molecule has 0 aliphatic heterocycles. The van der Waals surface area contributed by atoms with Gasteiger partial charge >= 0.3 is 6.18 Å². The van der Waals surface area contributed by atoms with Crippen LogP contribution in [-0.2, 0) is 32.3 Å². The number of halogens is 5. The van der Waals surface area contributed by atoms with Crippen molar-refractivity contribution in [1.82, 2.24) is 10.2 Å². The van der Waals surface area contributed by atoms with Gasteiger partial charge in [0.15, 0.2) is 0 Å². The molecule has 0 unspecified atom stereocenters. The van der Waals surface area contributed by atoms with Crippen molar-refractivity contribution in [2.75, 3.05) is 17.1 Å². The summed E-state index contributed by atoms with van der Waals surface area (Å²) in [6, 6.07) is 7.13. The number of rotatable bonds is 11. The van der Waals surface area contributed by atoms with Crippen molar-refractivity contribution in [3.63, 3.8) is 0 Å². The van der Waals surface area contributed by atoms with Gasteiger partial charge in [-0.3, -0.25) is 13.9 Å². The quantitative estimate of drug-likeness (QED) is 0.371. The largest absolute Gasteiger partial charge is 0.416 e. The average molecular weight is 596 g/mol. The number of benzene rings is 2. The SMILES string of the molecule is CC[C@H](C)NC(=O)[C@H](CC)N(Cc1c(Cl)cccc1Cl)C(=O)CN(c1cccc(C(F)(F)F)c1)S(C)(=O)=O.